The Morgan fingerprint density at radius 3 is 2.00 bits per heavy atom. The van der Waals surface area contributed by atoms with Gasteiger partial charge in [-0.25, -0.2) is 0 Å². The van der Waals surface area contributed by atoms with Crippen LogP contribution in [-0.4, -0.2) is 24.0 Å². The van der Waals surface area contributed by atoms with Gasteiger partial charge in [0.2, 0.25) is 0 Å². The fourth-order valence-electron chi connectivity index (χ4n) is 3.66. The number of piperidine rings is 1. The number of likely N-dealkylation sites (tertiary alicyclic amines) is 1. The minimum absolute atomic E-state index is 0.528. The van der Waals surface area contributed by atoms with E-state index in [2.05, 4.69) is 25.7 Å². The molecule has 1 saturated carbocycles. The molecule has 2 fully saturated rings. The summed E-state index contributed by atoms with van der Waals surface area (Å²) in [4.78, 5) is 2.78. The van der Waals surface area contributed by atoms with E-state index in [1.807, 2.05) is 0 Å². The summed E-state index contributed by atoms with van der Waals surface area (Å²) in [5.41, 5.74) is 0.528. The molecule has 1 aliphatic heterocycles. The predicted octanol–water partition coefficient (Wildman–Crippen LogP) is 4.08. The Morgan fingerprint density at radius 1 is 0.938 bits per heavy atom. The summed E-state index contributed by atoms with van der Waals surface area (Å²) in [6.07, 6.45) is 10.2. The van der Waals surface area contributed by atoms with Crippen molar-refractivity contribution in [2.45, 2.75) is 71.8 Å². The lowest BCUT2D eigenvalue weighted by atomic mass is 9.80. The second kappa shape index (κ2) is 5.08. The molecule has 1 nitrogen and oxygen atoms in total. The summed E-state index contributed by atoms with van der Waals surface area (Å²) in [5.74, 6) is 0.998. The van der Waals surface area contributed by atoms with Gasteiger partial charge in [-0.2, -0.15) is 0 Å². The van der Waals surface area contributed by atoms with Crippen LogP contribution in [0.4, 0.5) is 0 Å². The van der Waals surface area contributed by atoms with E-state index < -0.39 is 0 Å². The molecule has 0 spiro atoms. The minimum Gasteiger partial charge on any atom is -0.300 e. The van der Waals surface area contributed by atoms with Gasteiger partial charge >= 0.3 is 0 Å². The second-order valence-electron chi connectivity index (χ2n) is 7.18. The van der Waals surface area contributed by atoms with E-state index in [9.17, 15) is 0 Å². The van der Waals surface area contributed by atoms with Crippen molar-refractivity contribution >= 4 is 0 Å². The van der Waals surface area contributed by atoms with Gasteiger partial charge in [-0.05, 0) is 56.5 Å². The van der Waals surface area contributed by atoms with Crippen molar-refractivity contribution < 1.29 is 0 Å². The smallest absolute Gasteiger partial charge is 0.00952 e. The van der Waals surface area contributed by atoms with E-state index in [0.717, 1.165) is 12.0 Å². The molecule has 2 aliphatic rings. The number of rotatable bonds is 2. The first-order valence-corrected chi connectivity index (χ1v) is 7.29. The van der Waals surface area contributed by atoms with Crippen molar-refractivity contribution in [3.63, 3.8) is 0 Å². The maximum Gasteiger partial charge on any atom is 0.00952 e. The summed E-state index contributed by atoms with van der Waals surface area (Å²) in [7, 11) is 0. The lowest BCUT2D eigenvalue weighted by Gasteiger charge is -2.38. The molecular weight excluding hydrogens is 194 g/mol. The summed E-state index contributed by atoms with van der Waals surface area (Å²) in [6, 6.07) is 0.954. The molecule has 16 heavy (non-hydrogen) atoms. The van der Waals surface area contributed by atoms with E-state index in [4.69, 9.17) is 0 Å². The molecule has 1 saturated heterocycles. The molecule has 2 rings (SSSR count). The fraction of sp³-hybridized carbons (Fsp3) is 1.00. The van der Waals surface area contributed by atoms with Gasteiger partial charge in [0, 0.05) is 6.04 Å². The van der Waals surface area contributed by atoms with E-state index in [0.29, 0.717) is 5.41 Å². The predicted molar refractivity (Wildman–Crippen MR) is 70.6 cm³/mol. The van der Waals surface area contributed by atoms with Crippen LogP contribution in [0.15, 0.2) is 0 Å². The Hall–Kier alpha value is -0.0400. The van der Waals surface area contributed by atoms with E-state index in [1.54, 1.807) is 0 Å². The van der Waals surface area contributed by atoms with Crippen LogP contribution in [0.2, 0.25) is 0 Å². The maximum atomic E-state index is 2.78. The van der Waals surface area contributed by atoms with E-state index >= 15 is 0 Å². The van der Waals surface area contributed by atoms with E-state index in [1.165, 1.54) is 58.0 Å². The molecule has 0 atom stereocenters. The molecule has 0 aromatic rings. The number of hydrogen-bond donors (Lipinski definition) is 0. The third kappa shape index (κ3) is 3.48. The topological polar surface area (TPSA) is 3.24 Å². The van der Waals surface area contributed by atoms with Crippen LogP contribution >= 0.6 is 0 Å². The van der Waals surface area contributed by atoms with Crippen LogP contribution in [0.3, 0.4) is 0 Å². The third-order valence-electron chi connectivity index (χ3n) is 4.39. The fourth-order valence-corrected chi connectivity index (χ4v) is 3.66. The SMILES string of the molecule is CC(C)(C)CC1CCN(C2CCCC2)CC1. The molecular formula is C15H29N. The lowest BCUT2D eigenvalue weighted by Crippen LogP contribution is -2.40. The first-order valence-electron chi connectivity index (χ1n) is 7.29. The van der Waals surface area contributed by atoms with Gasteiger partial charge in [0.1, 0.15) is 0 Å². The molecule has 0 aromatic heterocycles. The Labute approximate surface area is 102 Å². The highest BCUT2D eigenvalue weighted by Gasteiger charge is 2.28. The standard InChI is InChI=1S/C15H29N/c1-15(2,3)12-13-8-10-16(11-9-13)14-6-4-5-7-14/h13-14H,4-12H2,1-3H3. The first-order chi connectivity index (χ1) is 7.54. The van der Waals surface area contributed by atoms with Gasteiger partial charge < -0.3 is 4.90 Å². The molecule has 1 heterocycles. The lowest BCUT2D eigenvalue weighted by molar-refractivity contribution is 0.115. The van der Waals surface area contributed by atoms with Crippen molar-refractivity contribution in [2.75, 3.05) is 13.1 Å². The Kier molecular flexibility index (Phi) is 3.94. The van der Waals surface area contributed by atoms with Gasteiger partial charge in [-0.1, -0.05) is 33.6 Å². The zero-order valence-corrected chi connectivity index (χ0v) is 11.5. The van der Waals surface area contributed by atoms with Crippen LogP contribution < -0.4 is 0 Å². The normalized spacial score (nSPS) is 26.4. The van der Waals surface area contributed by atoms with Crippen LogP contribution in [0.1, 0.15) is 65.7 Å². The second-order valence-corrected chi connectivity index (χ2v) is 7.18. The minimum atomic E-state index is 0.528. The molecule has 0 aromatic carbocycles. The van der Waals surface area contributed by atoms with E-state index in [-0.39, 0.29) is 0 Å². The zero-order chi connectivity index (χ0) is 11.6. The quantitative estimate of drug-likeness (QED) is 0.682. The van der Waals surface area contributed by atoms with Crippen molar-refractivity contribution in [3.8, 4) is 0 Å². The average molecular weight is 223 g/mol. The van der Waals surface area contributed by atoms with Crippen molar-refractivity contribution in [2.24, 2.45) is 11.3 Å². The average Bonchev–Trinajstić information content (AvgIpc) is 2.69. The highest BCUT2D eigenvalue weighted by Crippen LogP contribution is 2.33. The number of hydrogen-bond acceptors (Lipinski definition) is 1. The monoisotopic (exact) mass is 223 g/mol. The van der Waals surface area contributed by atoms with Crippen LogP contribution in [0.5, 0.6) is 0 Å². The number of nitrogens with zero attached hydrogens (tertiary/aromatic N) is 1. The van der Waals surface area contributed by atoms with Gasteiger partial charge in [0.15, 0.2) is 0 Å². The molecule has 1 heteroatoms. The molecule has 0 bridgehead atoms. The Morgan fingerprint density at radius 2 is 1.50 bits per heavy atom. The largest absolute Gasteiger partial charge is 0.300 e. The van der Waals surface area contributed by atoms with Gasteiger partial charge in [-0.3, -0.25) is 0 Å². The highest BCUT2D eigenvalue weighted by molar-refractivity contribution is 4.83. The van der Waals surface area contributed by atoms with Crippen LogP contribution in [-0.2, 0) is 0 Å². The van der Waals surface area contributed by atoms with Gasteiger partial charge in [-0.15, -0.1) is 0 Å². The van der Waals surface area contributed by atoms with Crippen molar-refractivity contribution in [1.29, 1.82) is 0 Å². The Bertz CT molecular complexity index is 202. The van der Waals surface area contributed by atoms with Crippen LogP contribution in [0.25, 0.3) is 0 Å². The summed E-state index contributed by atoms with van der Waals surface area (Å²) in [5, 5.41) is 0. The highest BCUT2D eigenvalue weighted by atomic mass is 15.2. The maximum absolute atomic E-state index is 2.78. The summed E-state index contributed by atoms with van der Waals surface area (Å²) >= 11 is 0. The molecule has 0 radical (unpaired) electrons. The van der Waals surface area contributed by atoms with Gasteiger partial charge in [0.05, 0.1) is 0 Å². The zero-order valence-electron chi connectivity index (χ0n) is 11.5. The molecule has 1 aliphatic carbocycles. The molecule has 0 unspecified atom stereocenters. The van der Waals surface area contributed by atoms with Crippen LogP contribution in [0, 0.1) is 11.3 Å². The Balaban J connectivity index is 1.74. The summed E-state index contributed by atoms with van der Waals surface area (Å²) in [6.45, 7) is 9.92. The van der Waals surface area contributed by atoms with Crippen molar-refractivity contribution in [3.05, 3.63) is 0 Å². The molecule has 0 amide bonds. The summed E-state index contributed by atoms with van der Waals surface area (Å²) < 4.78 is 0. The molecule has 94 valence electrons. The van der Waals surface area contributed by atoms with Gasteiger partial charge in [0.25, 0.3) is 0 Å². The third-order valence-corrected chi connectivity index (χ3v) is 4.39. The van der Waals surface area contributed by atoms with Crippen molar-refractivity contribution in [1.82, 2.24) is 4.90 Å². The first kappa shape index (κ1) is 12.4. The molecule has 0 N–H and O–H groups in total.